The third-order valence-electron chi connectivity index (χ3n) is 3.16. The first-order chi connectivity index (χ1) is 10.4. The minimum absolute atomic E-state index is 0.320. The molecule has 118 valence electrons. The number of thiazole rings is 1. The maximum atomic E-state index is 11.8. The minimum atomic E-state index is -0.320. The molecule has 0 bridgehead atoms. The van der Waals surface area contributed by atoms with Crippen molar-refractivity contribution in [2.24, 2.45) is 0 Å². The van der Waals surface area contributed by atoms with Crippen molar-refractivity contribution in [3.63, 3.8) is 0 Å². The van der Waals surface area contributed by atoms with Crippen molar-refractivity contribution in [3.8, 4) is 0 Å². The van der Waals surface area contributed by atoms with Gasteiger partial charge in [0.15, 0.2) is 5.13 Å². The summed E-state index contributed by atoms with van der Waals surface area (Å²) in [4.78, 5) is 16.8. The second-order valence-electron chi connectivity index (χ2n) is 5.17. The van der Waals surface area contributed by atoms with E-state index in [2.05, 4.69) is 52.2 Å². The third-order valence-corrected chi connectivity index (χ3v) is 4.87. The molecular weight excluding hydrogens is 364 g/mol. The molecule has 2 rings (SSSR count). The number of ether oxygens (including phenoxy) is 1. The van der Waals surface area contributed by atoms with E-state index in [9.17, 15) is 4.79 Å². The number of aryl methyl sites for hydroxylation is 1. The summed E-state index contributed by atoms with van der Waals surface area (Å²) in [7, 11) is 0. The molecule has 0 atom stereocenters. The third kappa shape index (κ3) is 3.87. The van der Waals surface area contributed by atoms with E-state index in [1.165, 1.54) is 16.9 Å². The summed E-state index contributed by atoms with van der Waals surface area (Å²) in [6.45, 7) is 8.28. The van der Waals surface area contributed by atoms with Crippen LogP contribution in [-0.2, 0) is 4.74 Å². The van der Waals surface area contributed by atoms with Crippen LogP contribution in [0.15, 0.2) is 22.7 Å². The average Bonchev–Trinajstić information content (AvgIpc) is 2.82. The van der Waals surface area contributed by atoms with E-state index in [4.69, 9.17) is 4.74 Å². The molecule has 0 amide bonds. The molecule has 1 aromatic heterocycles. The average molecular weight is 383 g/mol. The van der Waals surface area contributed by atoms with Crippen LogP contribution in [0.2, 0.25) is 0 Å². The maximum Gasteiger partial charge on any atom is 0.350 e. The molecule has 0 saturated carbocycles. The van der Waals surface area contributed by atoms with Gasteiger partial charge in [-0.05, 0) is 53.4 Å². The number of rotatable bonds is 5. The Morgan fingerprint density at radius 3 is 2.77 bits per heavy atom. The van der Waals surface area contributed by atoms with Gasteiger partial charge in [-0.25, -0.2) is 9.78 Å². The molecule has 1 aromatic carbocycles. The monoisotopic (exact) mass is 382 g/mol. The molecule has 1 heterocycles. The van der Waals surface area contributed by atoms with E-state index in [0.717, 1.165) is 10.2 Å². The molecule has 6 heteroatoms. The van der Waals surface area contributed by atoms with Crippen molar-refractivity contribution in [1.82, 2.24) is 4.98 Å². The molecule has 0 spiro atoms. The standard InChI is InChI=1S/C16H19BrN2O2S/c1-5-21-15(20)14-10(4)18-16(22-14)19-13-7-6-11(9(2)3)8-12(13)17/h6-9H,5H2,1-4H3,(H,18,19). The van der Waals surface area contributed by atoms with Crippen LogP contribution in [-0.4, -0.2) is 17.6 Å². The number of hydrogen-bond acceptors (Lipinski definition) is 5. The van der Waals surface area contributed by atoms with Gasteiger partial charge < -0.3 is 10.1 Å². The van der Waals surface area contributed by atoms with Crippen molar-refractivity contribution >= 4 is 44.1 Å². The SMILES string of the molecule is CCOC(=O)c1sc(Nc2ccc(C(C)C)cc2Br)nc1C. The number of anilines is 2. The number of carbonyl (C=O) groups excluding carboxylic acids is 1. The van der Waals surface area contributed by atoms with Gasteiger partial charge in [-0.2, -0.15) is 0 Å². The molecule has 4 nitrogen and oxygen atoms in total. The van der Waals surface area contributed by atoms with Crippen LogP contribution in [0.1, 0.15) is 47.6 Å². The lowest BCUT2D eigenvalue weighted by Gasteiger charge is -2.10. The highest BCUT2D eigenvalue weighted by molar-refractivity contribution is 9.10. The molecule has 0 aliphatic heterocycles. The van der Waals surface area contributed by atoms with Crippen LogP contribution in [0.4, 0.5) is 10.8 Å². The fraction of sp³-hybridized carbons (Fsp3) is 0.375. The van der Waals surface area contributed by atoms with Gasteiger partial charge >= 0.3 is 5.97 Å². The maximum absolute atomic E-state index is 11.8. The molecule has 0 radical (unpaired) electrons. The van der Waals surface area contributed by atoms with Crippen LogP contribution < -0.4 is 5.32 Å². The van der Waals surface area contributed by atoms with E-state index in [1.807, 2.05) is 13.0 Å². The number of esters is 1. The van der Waals surface area contributed by atoms with Gasteiger partial charge in [-0.15, -0.1) is 0 Å². The van der Waals surface area contributed by atoms with Gasteiger partial charge in [0.25, 0.3) is 0 Å². The van der Waals surface area contributed by atoms with E-state index in [-0.39, 0.29) is 5.97 Å². The number of carbonyl (C=O) groups is 1. The molecule has 0 aliphatic carbocycles. The summed E-state index contributed by atoms with van der Waals surface area (Å²) >= 11 is 4.88. The Labute approximate surface area is 143 Å². The van der Waals surface area contributed by atoms with Crippen LogP contribution in [0.25, 0.3) is 0 Å². The molecule has 0 saturated heterocycles. The highest BCUT2D eigenvalue weighted by Gasteiger charge is 2.17. The van der Waals surface area contributed by atoms with Gasteiger partial charge in [0.2, 0.25) is 0 Å². The second kappa shape index (κ2) is 7.24. The van der Waals surface area contributed by atoms with Crippen LogP contribution in [0.5, 0.6) is 0 Å². The molecule has 22 heavy (non-hydrogen) atoms. The van der Waals surface area contributed by atoms with E-state index in [0.29, 0.717) is 28.2 Å². The van der Waals surface area contributed by atoms with Crippen molar-refractivity contribution in [2.75, 3.05) is 11.9 Å². The lowest BCUT2D eigenvalue weighted by Crippen LogP contribution is -2.03. The number of hydrogen-bond donors (Lipinski definition) is 1. The summed E-state index contributed by atoms with van der Waals surface area (Å²) in [5.41, 5.74) is 2.87. The van der Waals surface area contributed by atoms with Gasteiger partial charge in [0, 0.05) is 4.47 Å². The summed E-state index contributed by atoms with van der Waals surface area (Å²) in [6, 6.07) is 6.20. The Bertz CT molecular complexity index is 683. The molecule has 0 fully saturated rings. The highest BCUT2D eigenvalue weighted by Crippen LogP contribution is 2.32. The molecular formula is C16H19BrN2O2S. The topological polar surface area (TPSA) is 51.2 Å². The van der Waals surface area contributed by atoms with E-state index < -0.39 is 0 Å². The summed E-state index contributed by atoms with van der Waals surface area (Å²) in [5, 5.41) is 3.93. The normalized spacial score (nSPS) is 10.8. The molecule has 1 N–H and O–H groups in total. The van der Waals surface area contributed by atoms with Crippen LogP contribution in [0, 0.1) is 6.92 Å². The molecule has 0 unspecified atom stereocenters. The zero-order valence-electron chi connectivity index (χ0n) is 13.1. The number of nitrogens with zero attached hydrogens (tertiary/aromatic N) is 1. The van der Waals surface area contributed by atoms with Crippen LogP contribution in [0.3, 0.4) is 0 Å². The quantitative estimate of drug-likeness (QED) is 0.716. The van der Waals surface area contributed by atoms with Crippen molar-refractivity contribution in [1.29, 1.82) is 0 Å². The molecule has 2 aromatic rings. The first-order valence-electron chi connectivity index (χ1n) is 7.13. The van der Waals surface area contributed by atoms with Gasteiger partial charge in [0.05, 0.1) is 18.0 Å². The summed E-state index contributed by atoms with van der Waals surface area (Å²) < 4.78 is 6.01. The Kier molecular flexibility index (Phi) is 5.58. The fourth-order valence-corrected chi connectivity index (χ4v) is 3.31. The largest absolute Gasteiger partial charge is 0.462 e. The number of halogens is 1. The minimum Gasteiger partial charge on any atom is -0.462 e. The predicted octanol–water partition coefficient (Wildman–Crippen LogP) is 5.26. The number of nitrogens with one attached hydrogen (secondary N) is 1. The number of aromatic nitrogens is 1. The molecule has 0 aliphatic rings. The van der Waals surface area contributed by atoms with Gasteiger partial charge in [-0.3, -0.25) is 0 Å². The van der Waals surface area contributed by atoms with Crippen molar-refractivity contribution < 1.29 is 9.53 Å². The Morgan fingerprint density at radius 1 is 1.45 bits per heavy atom. The van der Waals surface area contributed by atoms with Crippen LogP contribution >= 0.6 is 27.3 Å². The Hall–Kier alpha value is -1.40. The Balaban J connectivity index is 2.21. The predicted molar refractivity (Wildman–Crippen MR) is 94.3 cm³/mol. The Morgan fingerprint density at radius 2 is 2.18 bits per heavy atom. The van der Waals surface area contributed by atoms with Crippen molar-refractivity contribution in [2.45, 2.75) is 33.6 Å². The zero-order valence-corrected chi connectivity index (χ0v) is 15.5. The lowest BCUT2D eigenvalue weighted by molar-refractivity contribution is 0.0531. The summed E-state index contributed by atoms with van der Waals surface area (Å²) in [6.07, 6.45) is 0. The van der Waals surface area contributed by atoms with Gasteiger partial charge in [-0.1, -0.05) is 31.3 Å². The lowest BCUT2D eigenvalue weighted by atomic mass is 10.0. The second-order valence-corrected chi connectivity index (χ2v) is 7.03. The zero-order chi connectivity index (χ0) is 16.3. The van der Waals surface area contributed by atoms with Gasteiger partial charge in [0.1, 0.15) is 4.88 Å². The fourth-order valence-electron chi connectivity index (χ4n) is 1.94. The van der Waals surface area contributed by atoms with E-state index in [1.54, 1.807) is 6.92 Å². The number of benzene rings is 1. The summed E-state index contributed by atoms with van der Waals surface area (Å²) in [5.74, 6) is 0.155. The smallest absolute Gasteiger partial charge is 0.350 e. The van der Waals surface area contributed by atoms with Crippen molar-refractivity contribution in [3.05, 3.63) is 38.8 Å². The first-order valence-corrected chi connectivity index (χ1v) is 8.74. The first kappa shape index (κ1) is 17.0. The van der Waals surface area contributed by atoms with E-state index >= 15 is 0 Å². The highest BCUT2D eigenvalue weighted by atomic mass is 79.9.